The normalized spacial score (nSPS) is 11.1. The molecular formula is C12H6ClN3O4. The van der Waals surface area contributed by atoms with Crippen molar-refractivity contribution in [2.75, 3.05) is 0 Å². The largest absolute Gasteiger partial charge is 0.476 e. The summed E-state index contributed by atoms with van der Waals surface area (Å²) in [6.45, 7) is 0. The zero-order valence-electron chi connectivity index (χ0n) is 9.73. The second-order valence-corrected chi connectivity index (χ2v) is 4.54. The third-order valence-corrected chi connectivity index (χ3v) is 3.13. The lowest BCUT2D eigenvalue weighted by Gasteiger charge is -1.92. The Labute approximate surface area is 114 Å². The highest BCUT2D eigenvalue weighted by atomic mass is 35.5. The van der Waals surface area contributed by atoms with Gasteiger partial charge in [-0.15, -0.1) is 0 Å². The fourth-order valence-corrected chi connectivity index (χ4v) is 2.19. The van der Waals surface area contributed by atoms with E-state index < -0.39 is 22.7 Å². The molecule has 0 fully saturated rings. The number of carbonyl (C=O) groups is 1. The molecule has 7 nitrogen and oxygen atoms in total. The van der Waals surface area contributed by atoms with Gasteiger partial charge in [-0.05, 0) is 18.2 Å². The summed E-state index contributed by atoms with van der Waals surface area (Å²) in [5.41, 5.74) is -1.68. The van der Waals surface area contributed by atoms with E-state index in [1.54, 1.807) is 0 Å². The highest BCUT2D eigenvalue weighted by Crippen LogP contribution is 2.16. The topological polar surface area (TPSA) is 116 Å². The number of nitrogens with zero attached hydrogens (tertiary/aromatic N) is 1. The summed E-state index contributed by atoms with van der Waals surface area (Å²) in [4.78, 5) is 38.0. The van der Waals surface area contributed by atoms with Gasteiger partial charge in [-0.1, -0.05) is 11.6 Å². The fraction of sp³-hybridized carbons (Fsp3) is 0. The van der Waals surface area contributed by atoms with Crippen molar-refractivity contribution in [1.82, 2.24) is 15.2 Å². The van der Waals surface area contributed by atoms with Crippen molar-refractivity contribution in [2.24, 2.45) is 0 Å². The van der Waals surface area contributed by atoms with Crippen molar-refractivity contribution in [3.05, 3.63) is 49.5 Å². The number of halogens is 1. The maximum absolute atomic E-state index is 12.4. The Balaban J connectivity index is 2.70. The lowest BCUT2D eigenvalue weighted by Crippen LogP contribution is -2.06. The van der Waals surface area contributed by atoms with E-state index in [0.29, 0.717) is 5.02 Å². The fourth-order valence-electron chi connectivity index (χ4n) is 2.02. The molecule has 0 bridgehead atoms. The monoisotopic (exact) mass is 291 g/mol. The average Bonchev–Trinajstić information content (AvgIpc) is 2.79. The number of H-pyrrole nitrogens is 2. The van der Waals surface area contributed by atoms with Crippen LogP contribution in [0.2, 0.25) is 5.02 Å². The molecule has 0 aliphatic carbocycles. The van der Waals surface area contributed by atoms with Gasteiger partial charge in [0, 0.05) is 10.4 Å². The van der Waals surface area contributed by atoms with Gasteiger partial charge in [0.2, 0.25) is 0 Å². The molecule has 0 atom stereocenters. The second kappa shape index (κ2) is 4.17. The lowest BCUT2D eigenvalue weighted by molar-refractivity contribution is 0.0692. The van der Waals surface area contributed by atoms with E-state index in [-0.39, 0.29) is 21.8 Å². The van der Waals surface area contributed by atoms with Crippen LogP contribution < -0.4 is 11.0 Å². The smallest absolute Gasteiger partial charge is 0.357 e. The van der Waals surface area contributed by atoms with Crippen molar-refractivity contribution in [1.29, 1.82) is 0 Å². The summed E-state index contributed by atoms with van der Waals surface area (Å²) in [6.07, 6.45) is 0. The van der Waals surface area contributed by atoms with Crippen LogP contribution in [0.25, 0.3) is 21.8 Å². The number of hydrogen-bond acceptors (Lipinski definition) is 4. The Hall–Kier alpha value is -2.67. The molecule has 100 valence electrons. The van der Waals surface area contributed by atoms with Gasteiger partial charge in [0.05, 0.1) is 10.9 Å². The van der Waals surface area contributed by atoms with E-state index in [9.17, 15) is 14.4 Å². The van der Waals surface area contributed by atoms with Gasteiger partial charge >= 0.3 is 5.97 Å². The molecule has 0 radical (unpaired) electrons. The zero-order valence-corrected chi connectivity index (χ0v) is 10.5. The van der Waals surface area contributed by atoms with Crippen LogP contribution in [0.1, 0.15) is 10.5 Å². The van der Waals surface area contributed by atoms with Crippen LogP contribution in [0.15, 0.2) is 27.8 Å². The second-order valence-electron chi connectivity index (χ2n) is 4.10. The number of carboxylic acids is 1. The molecule has 8 heteroatoms. The first-order chi connectivity index (χ1) is 9.49. The molecule has 3 aromatic rings. The van der Waals surface area contributed by atoms with Crippen LogP contribution in [0.3, 0.4) is 0 Å². The van der Waals surface area contributed by atoms with E-state index in [1.807, 2.05) is 0 Å². The third-order valence-electron chi connectivity index (χ3n) is 2.90. The van der Waals surface area contributed by atoms with Gasteiger partial charge in [0.1, 0.15) is 5.52 Å². The Morgan fingerprint density at radius 1 is 1.30 bits per heavy atom. The Morgan fingerprint density at radius 2 is 2.05 bits per heavy atom. The van der Waals surface area contributed by atoms with Crippen LogP contribution in [0.4, 0.5) is 0 Å². The van der Waals surface area contributed by atoms with E-state index >= 15 is 0 Å². The van der Waals surface area contributed by atoms with Gasteiger partial charge in [-0.3, -0.25) is 14.7 Å². The summed E-state index contributed by atoms with van der Waals surface area (Å²) in [5.74, 6) is -1.39. The van der Waals surface area contributed by atoms with Gasteiger partial charge in [0.25, 0.3) is 5.56 Å². The van der Waals surface area contributed by atoms with Gasteiger partial charge in [0.15, 0.2) is 11.1 Å². The molecule has 0 unspecified atom stereocenters. The van der Waals surface area contributed by atoms with E-state index in [2.05, 4.69) is 15.2 Å². The minimum absolute atomic E-state index is 0.158. The number of aromatic amines is 2. The van der Waals surface area contributed by atoms with E-state index in [0.717, 1.165) is 0 Å². The number of hydrogen-bond donors (Lipinski definition) is 3. The number of benzene rings is 1. The van der Waals surface area contributed by atoms with Gasteiger partial charge in [-0.25, -0.2) is 4.79 Å². The third kappa shape index (κ3) is 1.68. The number of nitrogens with one attached hydrogen (secondary N) is 2. The van der Waals surface area contributed by atoms with E-state index in [1.165, 1.54) is 18.2 Å². The summed E-state index contributed by atoms with van der Waals surface area (Å²) < 4.78 is 0. The van der Waals surface area contributed by atoms with Crippen molar-refractivity contribution < 1.29 is 9.90 Å². The van der Waals surface area contributed by atoms with Crippen molar-refractivity contribution in [3.63, 3.8) is 0 Å². The highest BCUT2D eigenvalue weighted by Gasteiger charge is 2.18. The molecule has 3 N–H and O–H groups in total. The van der Waals surface area contributed by atoms with Crippen LogP contribution in [-0.2, 0) is 0 Å². The van der Waals surface area contributed by atoms with E-state index in [4.69, 9.17) is 16.7 Å². The first-order valence-electron chi connectivity index (χ1n) is 5.46. The van der Waals surface area contributed by atoms with Crippen LogP contribution >= 0.6 is 11.6 Å². The molecule has 0 saturated heterocycles. The molecule has 0 aliphatic rings. The average molecular weight is 292 g/mol. The predicted molar refractivity (Wildman–Crippen MR) is 72.5 cm³/mol. The Kier molecular flexibility index (Phi) is 2.58. The molecular weight excluding hydrogens is 286 g/mol. The number of aromatic carboxylic acids is 1. The molecule has 0 aliphatic heterocycles. The first kappa shape index (κ1) is 12.4. The summed E-state index contributed by atoms with van der Waals surface area (Å²) in [7, 11) is 0. The number of fused-ring (bicyclic) bond motifs is 2. The predicted octanol–water partition coefficient (Wildman–Crippen LogP) is 1.12. The van der Waals surface area contributed by atoms with Crippen LogP contribution in [0.5, 0.6) is 0 Å². The Bertz CT molecular complexity index is 990. The molecule has 20 heavy (non-hydrogen) atoms. The minimum Gasteiger partial charge on any atom is -0.476 e. The number of aromatic nitrogens is 3. The lowest BCUT2D eigenvalue weighted by atomic mass is 10.2. The maximum atomic E-state index is 12.4. The molecule has 0 spiro atoms. The molecule has 3 rings (SSSR count). The standard InChI is InChI=1S/C12H6ClN3O4/c13-4-1-2-5-6(3-4)14-11(18)8-7(10(5)17)9(12(19)20)16-15-8/h1-3H,(H,14,18)(H,15,16)(H,19,20). The molecule has 2 aromatic heterocycles. The molecule has 0 saturated carbocycles. The van der Waals surface area contributed by atoms with Gasteiger partial charge in [-0.2, -0.15) is 5.10 Å². The summed E-state index contributed by atoms with van der Waals surface area (Å²) >= 11 is 5.82. The minimum atomic E-state index is -1.39. The zero-order chi connectivity index (χ0) is 14.4. The van der Waals surface area contributed by atoms with Crippen molar-refractivity contribution >= 4 is 39.4 Å². The quantitative estimate of drug-likeness (QED) is 0.621. The molecule has 1 aromatic carbocycles. The highest BCUT2D eigenvalue weighted by molar-refractivity contribution is 6.31. The number of carboxylic acid groups (broad SMARTS) is 1. The van der Waals surface area contributed by atoms with Crippen LogP contribution in [-0.4, -0.2) is 26.3 Å². The maximum Gasteiger partial charge on any atom is 0.357 e. The SMILES string of the molecule is O=C(O)c1n[nH]c2c(=O)[nH]c3cc(Cl)ccc3c(=O)c12. The Morgan fingerprint density at radius 3 is 2.75 bits per heavy atom. The van der Waals surface area contributed by atoms with Gasteiger partial charge < -0.3 is 10.1 Å². The summed E-state index contributed by atoms with van der Waals surface area (Å²) in [6, 6.07) is 4.33. The van der Waals surface area contributed by atoms with Crippen molar-refractivity contribution in [2.45, 2.75) is 0 Å². The first-order valence-corrected chi connectivity index (χ1v) is 5.84. The number of rotatable bonds is 1. The molecule has 0 amide bonds. The summed E-state index contributed by atoms with van der Waals surface area (Å²) in [5, 5.41) is 15.1. The van der Waals surface area contributed by atoms with Crippen LogP contribution in [0, 0.1) is 0 Å². The van der Waals surface area contributed by atoms with Crippen molar-refractivity contribution in [3.8, 4) is 0 Å². The molecule has 2 heterocycles.